The molecule has 0 aromatic heterocycles. The Kier molecular flexibility index (Phi) is 12.7. The van der Waals surface area contributed by atoms with Crippen LogP contribution in [0.1, 0.15) is 72.3 Å². The first-order valence-electron chi connectivity index (χ1n) is 24.6. The minimum atomic E-state index is -4.95. The lowest BCUT2D eigenvalue weighted by Crippen LogP contribution is -2.44. The average Bonchev–Trinajstić information content (AvgIpc) is 3.93. The number of allylic oxidation sites excluding steroid dienone is 8. The molecular formula is C68H44F6O2. The minimum Gasteiger partial charge on any atom is -0.289 e. The lowest BCUT2D eigenvalue weighted by Gasteiger charge is -2.38. The fourth-order valence-electron chi connectivity index (χ4n) is 10.9. The summed E-state index contributed by atoms with van der Waals surface area (Å²) in [6, 6.07) is 68.7. The number of halogens is 6. The average molecular weight is 1010 g/mol. The molecule has 0 radical (unpaired) electrons. The first kappa shape index (κ1) is 49.1. The van der Waals surface area contributed by atoms with Gasteiger partial charge < -0.3 is 0 Å². The molecule has 9 aromatic carbocycles. The van der Waals surface area contributed by atoms with Gasteiger partial charge in [-0.15, -0.1) is 0 Å². The van der Waals surface area contributed by atoms with Crippen molar-refractivity contribution in [3.8, 4) is 0 Å². The van der Waals surface area contributed by atoms with Gasteiger partial charge in [-0.2, -0.15) is 26.3 Å². The molecule has 0 saturated heterocycles. The summed E-state index contributed by atoms with van der Waals surface area (Å²) in [5.74, 6) is -0.589. The molecule has 1 atom stereocenters. The molecule has 1 unspecified atom stereocenters. The molecule has 0 amide bonds. The maximum absolute atomic E-state index is 16.9. The summed E-state index contributed by atoms with van der Waals surface area (Å²) in [4.78, 5) is 30.0. The summed E-state index contributed by atoms with van der Waals surface area (Å²) < 4.78 is 92.6. The molecule has 2 aliphatic rings. The second-order valence-electron chi connectivity index (χ2n) is 18.8. The highest BCUT2D eigenvalue weighted by Gasteiger charge is 2.58. The zero-order valence-electron chi connectivity index (χ0n) is 40.8. The molecular weight excluding hydrogens is 963 g/mol. The van der Waals surface area contributed by atoms with Crippen LogP contribution in [0.3, 0.4) is 0 Å². The molecule has 0 aliphatic heterocycles. The van der Waals surface area contributed by atoms with Gasteiger partial charge >= 0.3 is 12.4 Å². The van der Waals surface area contributed by atoms with Gasteiger partial charge in [0.15, 0.2) is 11.6 Å². The molecule has 0 heterocycles. The number of carbonyl (C=O) groups is 2. The summed E-state index contributed by atoms with van der Waals surface area (Å²) >= 11 is 0. The van der Waals surface area contributed by atoms with Gasteiger partial charge in [0.1, 0.15) is 5.41 Å². The van der Waals surface area contributed by atoms with Gasteiger partial charge in [0, 0.05) is 44.6 Å². The van der Waals surface area contributed by atoms with Crippen LogP contribution in [0.2, 0.25) is 0 Å². The van der Waals surface area contributed by atoms with Crippen molar-refractivity contribution >= 4 is 56.2 Å². The van der Waals surface area contributed by atoms with Crippen molar-refractivity contribution in [3.63, 3.8) is 0 Å². The second kappa shape index (κ2) is 19.6. The summed E-state index contributed by atoms with van der Waals surface area (Å²) in [7, 11) is 0. The Morgan fingerprint density at radius 3 is 0.737 bits per heavy atom. The third-order valence-corrected chi connectivity index (χ3v) is 14.3. The summed E-state index contributed by atoms with van der Waals surface area (Å²) in [5, 5.41) is 0. The Balaban J connectivity index is 1.11. The molecule has 0 fully saturated rings. The molecule has 0 saturated carbocycles. The van der Waals surface area contributed by atoms with E-state index >= 15 is 22.8 Å². The zero-order valence-corrected chi connectivity index (χ0v) is 40.8. The number of alkyl halides is 6. The highest BCUT2D eigenvalue weighted by Crippen LogP contribution is 2.55. The zero-order chi connectivity index (χ0) is 52.8. The van der Waals surface area contributed by atoms with E-state index in [0.717, 1.165) is 23.3 Å². The molecule has 2 nitrogen and oxygen atoms in total. The Bertz CT molecular complexity index is 3780. The van der Waals surface area contributed by atoms with Crippen LogP contribution in [0.5, 0.6) is 0 Å². The highest BCUT2D eigenvalue weighted by atomic mass is 19.4. The van der Waals surface area contributed by atoms with E-state index in [-0.39, 0.29) is 39.4 Å². The number of hydrogen-bond donors (Lipinski definition) is 0. The van der Waals surface area contributed by atoms with Gasteiger partial charge in [-0.25, -0.2) is 0 Å². The molecule has 2 aliphatic carbocycles. The molecule has 0 N–H and O–H groups in total. The lowest BCUT2D eigenvalue weighted by atomic mass is 9.68. The number of aryl methyl sites for hydroxylation is 1. The molecule has 370 valence electrons. The Labute approximate surface area is 436 Å². The van der Waals surface area contributed by atoms with Crippen molar-refractivity contribution in [1.82, 2.24) is 0 Å². The number of hydrogen-bond acceptors (Lipinski definition) is 2. The Hall–Kier alpha value is -9.14. The summed E-state index contributed by atoms with van der Waals surface area (Å²) in [6.45, 7) is 1.97. The quantitative estimate of drug-likeness (QED) is 0.0956. The Morgan fingerprint density at radius 2 is 0.474 bits per heavy atom. The molecule has 0 spiro atoms. The largest absolute Gasteiger partial charge is 0.416 e. The van der Waals surface area contributed by atoms with Gasteiger partial charge in [-0.3, -0.25) is 9.59 Å². The van der Waals surface area contributed by atoms with Gasteiger partial charge in [0.2, 0.25) is 0 Å². The fraction of sp³-hybridized carbons (Fsp3) is 0.0588. The molecule has 8 heteroatoms. The predicted octanol–water partition coefficient (Wildman–Crippen LogP) is 17.1. The fourth-order valence-corrected chi connectivity index (χ4v) is 10.9. The molecule has 11 rings (SSSR count). The lowest BCUT2D eigenvalue weighted by molar-refractivity contribution is -0.166. The van der Waals surface area contributed by atoms with Crippen molar-refractivity contribution in [2.45, 2.75) is 24.7 Å². The maximum atomic E-state index is 16.9. The summed E-state index contributed by atoms with van der Waals surface area (Å²) in [5.41, 5.74) is 4.96. The maximum Gasteiger partial charge on any atom is 0.416 e. The first-order valence-corrected chi connectivity index (χ1v) is 24.6. The highest BCUT2D eigenvalue weighted by molar-refractivity contribution is 6.60. The van der Waals surface area contributed by atoms with E-state index in [4.69, 9.17) is 0 Å². The standard InChI is InChI=1S/C68H44F6O2/c1-43-27-29-48(30-28-43)56-57(61(45-19-9-3-10-20-45)64(75)60(56)44-17-7-2-8-18-44)49-31-37-53(38-32-49)66(68(72,73)74,52-25-15-6-16-26-52)54-39-33-50(34-40-54)58-59(51-35-41-55(42-36-51)67(69,70)71)63(47-23-13-5-14-24-47)65(76)62(58)46-21-11-4-12-22-46/h2-42H,1H3. The summed E-state index contributed by atoms with van der Waals surface area (Å²) in [6.07, 6.45) is -9.58. The smallest absolute Gasteiger partial charge is 0.289 e. The number of rotatable bonds is 11. The van der Waals surface area contributed by atoms with E-state index in [1.165, 1.54) is 48.5 Å². The monoisotopic (exact) mass is 1010 g/mol. The van der Waals surface area contributed by atoms with Crippen molar-refractivity contribution in [1.29, 1.82) is 0 Å². The van der Waals surface area contributed by atoms with Crippen LogP contribution in [-0.4, -0.2) is 17.7 Å². The van der Waals surface area contributed by atoms with E-state index in [1.54, 1.807) is 103 Å². The molecule has 76 heavy (non-hydrogen) atoms. The van der Waals surface area contributed by atoms with Crippen LogP contribution < -0.4 is 0 Å². The van der Waals surface area contributed by atoms with Crippen LogP contribution in [0.15, 0.2) is 249 Å². The topological polar surface area (TPSA) is 34.1 Å². The second-order valence-corrected chi connectivity index (χ2v) is 18.8. The molecule has 9 aromatic rings. The predicted molar refractivity (Wildman–Crippen MR) is 291 cm³/mol. The number of benzene rings is 9. The van der Waals surface area contributed by atoms with Crippen LogP contribution in [-0.2, 0) is 21.2 Å². The number of Topliss-reactive ketones (excluding diaryl/α,β-unsaturated/α-hetero) is 2. The van der Waals surface area contributed by atoms with Crippen molar-refractivity contribution in [2.24, 2.45) is 0 Å². The van der Waals surface area contributed by atoms with Crippen LogP contribution >= 0.6 is 0 Å². The van der Waals surface area contributed by atoms with Crippen molar-refractivity contribution in [2.75, 3.05) is 0 Å². The van der Waals surface area contributed by atoms with Crippen LogP contribution in [0.25, 0.3) is 44.6 Å². The van der Waals surface area contributed by atoms with Gasteiger partial charge in [-0.05, 0) is 80.3 Å². The van der Waals surface area contributed by atoms with Crippen LogP contribution in [0.4, 0.5) is 26.3 Å². The van der Waals surface area contributed by atoms with Gasteiger partial charge in [0.25, 0.3) is 0 Å². The van der Waals surface area contributed by atoms with Gasteiger partial charge in [0.05, 0.1) is 5.56 Å². The van der Waals surface area contributed by atoms with Crippen LogP contribution in [0, 0.1) is 6.92 Å². The number of ketones is 2. The van der Waals surface area contributed by atoms with Gasteiger partial charge in [-0.1, -0.05) is 242 Å². The SMILES string of the molecule is Cc1ccc(C2=C(c3ccccc3)C(=O)C(c3ccccc3)=C2c2ccc(C(c3ccccc3)(c3ccc(C4=C(c5ccccc5)C(=O)C(c5ccccc5)=C4c4ccc(C(F)(F)F)cc4)cc3)C(F)(F)F)cc2)cc1. The normalized spacial score (nSPS) is 15.0. The van der Waals surface area contributed by atoms with Crippen molar-refractivity contribution < 1.29 is 35.9 Å². The van der Waals surface area contributed by atoms with Crippen molar-refractivity contribution in [3.05, 3.63) is 321 Å². The molecule has 0 bridgehead atoms. The Morgan fingerprint density at radius 1 is 0.250 bits per heavy atom. The van der Waals surface area contributed by atoms with E-state index in [0.29, 0.717) is 72.4 Å². The van der Waals surface area contributed by atoms with E-state index in [1.807, 2.05) is 91.9 Å². The third-order valence-electron chi connectivity index (χ3n) is 14.3. The first-order chi connectivity index (χ1) is 36.8. The van der Waals surface area contributed by atoms with E-state index in [2.05, 4.69) is 0 Å². The van der Waals surface area contributed by atoms with E-state index in [9.17, 15) is 13.2 Å². The minimum absolute atomic E-state index is 0.0493. The van der Waals surface area contributed by atoms with E-state index < -0.39 is 23.3 Å². The third kappa shape index (κ3) is 8.55. The number of carbonyl (C=O) groups excluding carboxylic acids is 2.